The molecule has 21 heavy (non-hydrogen) atoms. The molecule has 0 bridgehead atoms. The van der Waals surface area contributed by atoms with E-state index in [1.165, 1.54) is 9.75 Å². The smallest absolute Gasteiger partial charge is 0.107 e. The van der Waals surface area contributed by atoms with E-state index >= 15 is 0 Å². The predicted octanol–water partition coefficient (Wildman–Crippen LogP) is 2.92. The third-order valence-electron chi connectivity index (χ3n) is 3.16. The number of hydrogen-bond donors (Lipinski definition) is 1. The molecular weight excluding hydrogens is 282 g/mol. The molecule has 0 aliphatic carbocycles. The van der Waals surface area contributed by atoms with Gasteiger partial charge in [0.05, 0.1) is 12.7 Å². The number of aliphatic hydroxyl groups excluding tert-OH is 1. The fourth-order valence-electron chi connectivity index (χ4n) is 2.07. The Kier molecular flexibility index (Phi) is 8.63. The van der Waals surface area contributed by atoms with Gasteiger partial charge in [0.2, 0.25) is 0 Å². The largest absolute Gasteiger partial charge is 0.389 e. The molecule has 1 unspecified atom stereocenters. The van der Waals surface area contributed by atoms with Crippen LogP contribution in [0, 0.1) is 25.2 Å². The third-order valence-corrected chi connectivity index (χ3v) is 4.15. The van der Waals surface area contributed by atoms with E-state index in [2.05, 4.69) is 43.7 Å². The quantitative estimate of drug-likeness (QED) is 0.533. The van der Waals surface area contributed by atoms with Gasteiger partial charge in [-0.25, -0.2) is 0 Å². The van der Waals surface area contributed by atoms with Gasteiger partial charge in [-0.05, 0) is 37.9 Å². The van der Waals surface area contributed by atoms with Gasteiger partial charge in [-0.3, -0.25) is 4.90 Å². The van der Waals surface area contributed by atoms with Crippen molar-refractivity contribution < 1.29 is 9.84 Å². The van der Waals surface area contributed by atoms with Gasteiger partial charge in [0.15, 0.2) is 0 Å². The maximum absolute atomic E-state index is 10.1. The summed E-state index contributed by atoms with van der Waals surface area (Å²) >= 11 is 1.82. The summed E-state index contributed by atoms with van der Waals surface area (Å²) in [5.41, 5.74) is 0. The molecule has 4 heteroatoms. The van der Waals surface area contributed by atoms with E-state index in [1.807, 2.05) is 11.3 Å². The van der Waals surface area contributed by atoms with Crippen molar-refractivity contribution in [2.24, 2.45) is 5.92 Å². The highest BCUT2D eigenvalue weighted by Gasteiger charge is 2.14. The zero-order valence-electron chi connectivity index (χ0n) is 13.3. The third kappa shape index (κ3) is 8.23. The van der Waals surface area contributed by atoms with Crippen molar-refractivity contribution in [3.8, 4) is 12.3 Å². The second-order valence-corrected chi connectivity index (χ2v) is 7.18. The zero-order chi connectivity index (χ0) is 15.7. The Hall–Kier alpha value is -0.860. The van der Waals surface area contributed by atoms with Gasteiger partial charge < -0.3 is 9.84 Å². The zero-order valence-corrected chi connectivity index (χ0v) is 14.2. The monoisotopic (exact) mass is 309 g/mol. The van der Waals surface area contributed by atoms with Crippen LogP contribution in [0.2, 0.25) is 0 Å². The van der Waals surface area contributed by atoms with Crippen LogP contribution < -0.4 is 0 Å². The molecule has 0 amide bonds. The summed E-state index contributed by atoms with van der Waals surface area (Å²) in [6, 6.07) is 4.32. The Morgan fingerprint density at radius 1 is 1.43 bits per heavy atom. The summed E-state index contributed by atoms with van der Waals surface area (Å²) in [6.45, 7) is 9.61. The Morgan fingerprint density at radius 2 is 2.19 bits per heavy atom. The minimum atomic E-state index is -0.494. The molecule has 0 aliphatic rings. The fraction of sp³-hybridized carbons (Fsp3) is 0.647. The molecule has 1 heterocycles. The first-order valence-electron chi connectivity index (χ1n) is 7.48. The average Bonchev–Trinajstić information content (AvgIpc) is 2.81. The first kappa shape index (κ1) is 18.2. The van der Waals surface area contributed by atoms with Crippen LogP contribution in [0.4, 0.5) is 0 Å². The van der Waals surface area contributed by atoms with Crippen molar-refractivity contribution in [2.75, 3.05) is 26.3 Å². The van der Waals surface area contributed by atoms with Crippen LogP contribution in [0.25, 0.3) is 0 Å². The molecule has 0 radical (unpaired) electrons. The van der Waals surface area contributed by atoms with Crippen molar-refractivity contribution in [3.05, 3.63) is 21.9 Å². The molecule has 1 rings (SSSR count). The van der Waals surface area contributed by atoms with Gasteiger partial charge in [0.25, 0.3) is 0 Å². The summed E-state index contributed by atoms with van der Waals surface area (Å²) in [6.07, 6.45) is 5.77. The normalized spacial score (nSPS) is 12.8. The lowest BCUT2D eigenvalue weighted by atomic mass is 10.1. The first-order chi connectivity index (χ1) is 10.0. The van der Waals surface area contributed by atoms with Gasteiger partial charge >= 0.3 is 0 Å². The Bertz CT molecular complexity index is 436. The molecule has 0 spiro atoms. The highest BCUT2D eigenvalue weighted by atomic mass is 32.1. The number of rotatable bonds is 10. The van der Waals surface area contributed by atoms with Crippen LogP contribution in [0.5, 0.6) is 0 Å². The van der Waals surface area contributed by atoms with E-state index in [4.69, 9.17) is 11.2 Å². The van der Waals surface area contributed by atoms with E-state index < -0.39 is 6.10 Å². The number of hydrogen-bond acceptors (Lipinski definition) is 4. The fourth-order valence-corrected chi connectivity index (χ4v) is 3.00. The van der Waals surface area contributed by atoms with E-state index in [1.54, 1.807) is 0 Å². The highest BCUT2D eigenvalue weighted by Crippen LogP contribution is 2.18. The van der Waals surface area contributed by atoms with Crippen LogP contribution in [0.1, 0.15) is 30.0 Å². The maximum Gasteiger partial charge on any atom is 0.107 e. The molecule has 1 aromatic heterocycles. The SMILES string of the molecule is C#CCOCC(O)CN(CCC(C)C)Cc1ccc(C)s1. The van der Waals surface area contributed by atoms with Gasteiger partial charge in [-0.1, -0.05) is 19.8 Å². The molecule has 0 aliphatic heterocycles. The lowest BCUT2D eigenvalue weighted by molar-refractivity contribution is 0.0254. The van der Waals surface area contributed by atoms with Crippen LogP contribution in [0.15, 0.2) is 12.1 Å². The molecule has 0 saturated heterocycles. The van der Waals surface area contributed by atoms with Gasteiger partial charge in [0.1, 0.15) is 6.61 Å². The van der Waals surface area contributed by atoms with E-state index in [-0.39, 0.29) is 6.61 Å². The second-order valence-electron chi connectivity index (χ2n) is 5.80. The molecule has 0 fully saturated rings. The standard InChI is InChI=1S/C17H27NO2S/c1-5-10-20-13-16(19)11-18(9-8-14(2)3)12-17-7-6-15(4)21-17/h1,6-7,14,16,19H,8-13H2,2-4H3. The van der Waals surface area contributed by atoms with Crippen molar-refractivity contribution >= 4 is 11.3 Å². The van der Waals surface area contributed by atoms with Crippen LogP contribution in [-0.2, 0) is 11.3 Å². The summed E-state index contributed by atoms with van der Waals surface area (Å²) in [5, 5.41) is 10.1. The number of terminal acetylenes is 1. The van der Waals surface area contributed by atoms with E-state index in [0.29, 0.717) is 19.1 Å². The molecule has 118 valence electrons. The van der Waals surface area contributed by atoms with Crippen LogP contribution in [-0.4, -0.2) is 42.4 Å². The van der Waals surface area contributed by atoms with Crippen molar-refractivity contribution in [3.63, 3.8) is 0 Å². The maximum atomic E-state index is 10.1. The van der Waals surface area contributed by atoms with Crippen molar-refractivity contribution in [1.82, 2.24) is 4.90 Å². The Balaban J connectivity index is 2.49. The van der Waals surface area contributed by atoms with Crippen LogP contribution in [0.3, 0.4) is 0 Å². The highest BCUT2D eigenvalue weighted by molar-refractivity contribution is 7.11. The minimum Gasteiger partial charge on any atom is -0.389 e. The first-order valence-corrected chi connectivity index (χ1v) is 8.29. The Labute approximate surface area is 132 Å². The van der Waals surface area contributed by atoms with E-state index in [9.17, 15) is 5.11 Å². The summed E-state index contributed by atoms with van der Waals surface area (Å²) < 4.78 is 5.22. The molecule has 1 N–H and O–H groups in total. The molecule has 0 aromatic carbocycles. The summed E-state index contributed by atoms with van der Waals surface area (Å²) in [4.78, 5) is 4.97. The summed E-state index contributed by atoms with van der Waals surface area (Å²) in [7, 11) is 0. The average molecular weight is 309 g/mol. The van der Waals surface area contributed by atoms with Crippen LogP contribution >= 0.6 is 11.3 Å². The minimum absolute atomic E-state index is 0.257. The van der Waals surface area contributed by atoms with Gasteiger partial charge in [-0.15, -0.1) is 17.8 Å². The number of ether oxygens (including phenoxy) is 1. The molecule has 3 nitrogen and oxygen atoms in total. The molecule has 0 saturated carbocycles. The van der Waals surface area contributed by atoms with Gasteiger partial charge in [0, 0.05) is 22.8 Å². The predicted molar refractivity (Wildman–Crippen MR) is 89.4 cm³/mol. The lowest BCUT2D eigenvalue weighted by Gasteiger charge is -2.25. The second kappa shape index (κ2) is 9.97. The number of thiophene rings is 1. The number of aryl methyl sites for hydroxylation is 1. The molecule has 1 atom stereocenters. The Morgan fingerprint density at radius 3 is 2.76 bits per heavy atom. The number of nitrogens with zero attached hydrogens (tertiary/aromatic N) is 1. The van der Waals surface area contributed by atoms with Crippen molar-refractivity contribution in [2.45, 2.75) is 39.8 Å². The van der Waals surface area contributed by atoms with Gasteiger partial charge in [-0.2, -0.15) is 0 Å². The number of aliphatic hydroxyl groups is 1. The van der Waals surface area contributed by atoms with Crippen molar-refractivity contribution in [1.29, 1.82) is 0 Å². The van der Waals surface area contributed by atoms with E-state index in [0.717, 1.165) is 19.5 Å². The molecule has 1 aromatic rings. The lowest BCUT2D eigenvalue weighted by Crippen LogP contribution is -2.35. The summed E-state index contributed by atoms with van der Waals surface area (Å²) in [5.74, 6) is 3.07. The topological polar surface area (TPSA) is 32.7 Å². The molecular formula is C17H27NO2S.